The summed E-state index contributed by atoms with van der Waals surface area (Å²) in [6, 6.07) is 2.66. The van der Waals surface area contributed by atoms with Gasteiger partial charge in [-0.15, -0.1) is 23.4 Å². The van der Waals surface area contributed by atoms with Crippen molar-refractivity contribution in [1.82, 2.24) is 21.5 Å². The third-order valence-electron chi connectivity index (χ3n) is 3.32. The van der Waals surface area contributed by atoms with Crippen LogP contribution in [-0.4, -0.2) is 27.7 Å². The summed E-state index contributed by atoms with van der Waals surface area (Å²) >= 11 is 8.07. The molecule has 0 amide bonds. The second kappa shape index (κ2) is 7.53. The Morgan fingerprint density at radius 2 is 2.33 bits per heavy atom. The van der Waals surface area contributed by atoms with E-state index in [1.165, 1.54) is 12.8 Å². The highest BCUT2D eigenvalue weighted by molar-refractivity contribution is 7.99. The zero-order chi connectivity index (χ0) is 12.8. The van der Waals surface area contributed by atoms with Crippen LogP contribution in [0.3, 0.4) is 0 Å². The van der Waals surface area contributed by atoms with Crippen molar-refractivity contribution in [3.05, 3.63) is 0 Å². The molecule has 0 aromatic heterocycles. The van der Waals surface area contributed by atoms with Crippen LogP contribution in [0.5, 0.6) is 0 Å². The monoisotopic (exact) mass is 289 g/mol. The highest BCUT2D eigenvalue weighted by atomic mass is 35.5. The number of nitriles is 1. The van der Waals surface area contributed by atoms with Crippen LogP contribution in [0, 0.1) is 11.3 Å². The number of nitrogens with zero attached hydrogens (tertiary/aromatic N) is 2. The van der Waals surface area contributed by atoms with Gasteiger partial charge in [-0.3, -0.25) is 0 Å². The second-order valence-electron chi connectivity index (χ2n) is 4.69. The van der Waals surface area contributed by atoms with Gasteiger partial charge < -0.3 is 0 Å². The third-order valence-corrected chi connectivity index (χ3v) is 4.90. The Morgan fingerprint density at radius 3 is 3.11 bits per heavy atom. The molecule has 7 heteroatoms. The van der Waals surface area contributed by atoms with Crippen LogP contribution in [0.15, 0.2) is 0 Å². The minimum absolute atomic E-state index is 0.218. The Morgan fingerprint density at radius 1 is 1.44 bits per heavy atom. The van der Waals surface area contributed by atoms with Crippen molar-refractivity contribution >= 4 is 23.4 Å². The Kier molecular flexibility index (Phi) is 6.02. The van der Waals surface area contributed by atoms with E-state index in [0.29, 0.717) is 17.8 Å². The quantitative estimate of drug-likeness (QED) is 0.529. The molecule has 3 atom stereocenters. The van der Waals surface area contributed by atoms with E-state index >= 15 is 0 Å². The Labute approximate surface area is 118 Å². The second-order valence-corrected chi connectivity index (χ2v) is 6.50. The van der Waals surface area contributed by atoms with Crippen LogP contribution in [0.2, 0.25) is 0 Å². The molecule has 1 saturated carbocycles. The van der Waals surface area contributed by atoms with Gasteiger partial charge in [0.2, 0.25) is 0 Å². The average Bonchev–Trinajstić information content (AvgIpc) is 2.83. The zero-order valence-corrected chi connectivity index (χ0v) is 11.9. The zero-order valence-electron chi connectivity index (χ0n) is 10.4. The molecule has 0 radical (unpaired) electrons. The predicted octanol–water partition coefficient (Wildman–Crippen LogP) is 1.69. The van der Waals surface area contributed by atoms with Gasteiger partial charge in [0.25, 0.3) is 0 Å². The fourth-order valence-electron chi connectivity index (χ4n) is 2.40. The van der Waals surface area contributed by atoms with Gasteiger partial charge in [0, 0.05) is 17.8 Å². The number of alkyl halides is 1. The van der Waals surface area contributed by atoms with E-state index < -0.39 is 0 Å². The Balaban J connectivity index is 1.77. The SMILES string of the molecule is N#CCCCSC1NNNN1C1CCCC(Cl)C1. The number of thioether (sulfide) groups is 1. The van der Waals surface area contributed by atoms with Crippen molar-refractivity contribution in [2.24, 2.45) is 0 Å². The molecule has 1 heterocycles. The number of hydrogen-bond acceptors (Lipinski definition) is 6. The molecule has 2 fully saturated rings. The summed E-state index contributed by atoms with van der Waals surface area (Å²) in [4.78, 5) is 0. The summed E-state index contributed by atoms with van der Waals surface area (Å²) in [6.45, 7) is 0. The molecule has 0 aromatic rings. The van der Waals surface area contributed by atoms with Crippen molar-refractivity contribution < 1.29 is 0 Å². The number of rotatable bonds is 5. The van der Waals surface area contributed by atoms with Gasteiger partial charge in [-0.2, -0.15) is 21.3 Å². The fourth-order valence-corrected chi connectivity index (χ4v) is 3.82. The molecule has 1 aliphatic heterocycles. The summed E-state index contributed by atoms with van der Waals surface area (Å²) in [5.74, 6) is 0.988. The molecule has 1 saturated heterocycles. The van der Waals surface area contributed by atoms with E-state index in [1.807, 2.05) is 11.8 Å². The van der Waals surface area contributed by atoms with Gasteiger partial charge in [-0.25, -0.2) is 5.43 Å². The van der Waals surface area contributed by atoms with Crippen molar-refractivity contribution in [2.75, 3.05) is 5.75 Å². The topological polar surface area (TPSA) is 63.1 Å². The molecule has 3 unspecified atom stereocenters. The predicted molar refractivity (Wildman–Crippen MR) is 74.2 cm³/mol. The van der Waals surface area contributed by atoms with Crippen LogP contribution >= 0.6 is 23.4 Å². The number of hydrogen-bond donors (Lipinski definition) is 3. The van der Waals surface area contributed by atoms with E-state index in [-0.39, 0.29) is 5.50 Å². The number of hydrazine groups is 3. The molecule has 2 rings (SSSR count). The lowest BCUT2D eigenvalue weighted by Gasteiger charge is -2.34. The van der Waals surface area contributed by atoms with E-state index in [0.717, 1.165) is 25.0 Å². The van der Waals surface area contributed by atoms with Gasteiger partial charge in [-0.05, 0) is 31.4 Å². The molecular formula is C11H20ClN5S. The number of halogens is 1. The van der Waals surface area contributed by atoms with Crippen LogP contribution in [0.1, 0.15) is 38.5 Å². The number of nitrogens with one attached hydrogen (secondary N) is 3. The summed E-state index contributed by atoms with van der Waals surface area (Å²) in [7, 11) is 0. The van der Waals surface area contributed by atoms with E-state index in [2.05, 4.69) is 27.6 Å². The molecule has 5 nitrogen and oxygen atoms in total. The van der Waals surface area contributed by atoms with Crippen LogP contribution in [0.25, 0.3) is 0 Å². The molecule has 1 aliphatic carbocycles. The summed E-state index contributed by atoms with van der Waals surface area (Å²) in [6.07, 6.45) is 6.13. The normalized spacial score (nSPS) is 33.4. The molecule has 18 heavy (non-hydrogen) atoms. The van der Waals surface area contributed by atoms with Crippen molar-refractivity contribution in [1.29, 1.82) is 5.26 Å². The molecule has 0 spiro atoms. The maximum atomic E-state index is 8.52. The first-order valence-corrected chi connectivity index (χ1v) is 7.97. The Hall–Kier alpha value is -0.0300. The van der Waals surface area contributed by atoms with Crippen LogP contribution < -0.4 is 16.5 Å². The lowest BCUT2D eigenvalue weighted by atomic mass is 9.95. The largest absolute Gasteiger partial charge is 0.215 e. The maximum absolute atomic E-state index is 8.52. The summed E-state index contributed by atoms with van der Waals surface area (Å²) in [5, 5.41) is 11.0. The average molecular weight is 290 g/mol. The van der Waals surface area contributed by atoms with Crippen molar-refractivity contribution in [2.45, 2.75) is 55.4 Å². The van der Waals surface area contributed by atoms with Gasteiger partial charge >= 0.3 is 0 Å². The third kappa shape index (κ3) is 3.98. The van der Waals surface area contributed by atoms with Gasteiger partial charge in [0.1, 0.15) is 5.50 Å². The molecule has 0 bridgehead atoms. The lowest BCUT2D eigenvalue weighted by Crippen LogP contribution is -2.48. The Bertz CT molecular complexity index is 298. The van der Waals surface area contributed by atoms with E-state index in [1.54, 1.807) is 0 Å². The van der Waals surface area contributed by atoms with Crippen LogP contribution in [-0.2, 0) is 0 Å². The fraction of sp³-hybridized carbons (Fsp3) is 0.909. The minimum atomic E-state index is 0.218. The molecule has 0 aromatic carbocycles. The van der Waals surface area contributed by atoms with Gasteiger partial charge in [0.15, 0.2) is 0 Å². The van der Waals surface area contributed by atoms with E-state index in [9.17, 15) is 0 Å². The first-order valence-electron chi connectivity index (χ1n) is 6.48. The molecule has 3 N–H and O–H groups in total. The number of unbranched alkanes of at least 4 members (excludes halogenated alkanes) is 1. The highest BCUT2D eigenvalue weighted by Crippen LogP contribution is 2.29. The summed E-state index contributed by atoms with van der Waals surface area (Å²) < 4.78 is 0. The molecule has 102 valence electrons. The van der Waals surface area contributed by atoms with E-state index in [4.69, 9.17) is 16.9 Å². The first kappa shape index (κ1) is 14.4. The molecule has 2 aliphatic rings. The van der Waals surface area contributed by atoms with Crippen LogP contribution in [0.4, 0.5) is 0 Å². The van der Waals surface area contributed by atoms with Gasteiger partial charge in [0.05, 0.1) is 6.07 Å². The maximum Gasteiger partial charge on any atom is 0.136 e. The highest BCUT2D eigenvalue weighted by Gasteiger charge is 2.33. The molecular weight excluding hydrogens is 270 g/mol. The lowest BCUT2D eigenvalue weighted by molar-refractivity contribution is 0.115. The smallest absolute Gasteiger partial charge is 0.136 e. The first-order chi connectivity index (χ1) is 8.81. The standard InChI is InChI=1S/C11H20ClN5S/c12-9-4-3-5-10(8-9)17-11(14-15-16-17)18-7-2-1-6-13/h9-11,14-16H,1-5,7-8H2. The van der Waals surface area contributed by atoms with Crippen molar-refractivity contribution in [3.63, 3.8) is 0 Å². The summed E-state index contributed by atoms with van der Waals surface area (Å²) in [5.41, 5.74) is 9.55. The van der Waals surface area contributed by atoms with Crippen molar-refractivity contribution in [3.8, 4) is 6.07 Å². The minimum Gasteiger partial charge on any atom is -0.215 e. The van der Waals surface area contributed by atoms with Gasteiger partial charge in [-0.1, -0.05) is 6.42 Å².